The van der Waals surface area contributed by atoms with Gasteiger partial charge in [0.15, 0.2) is 0 Å². The van der Waals surface area contributed by atoms with Crippen molar-refractivity contribution in [3.05, 3.63) is 84.5 Å². The summed E-state index contributed by atoms with van der Waals surface area (Å²) in [7, 11) is 0. The molecule has 0 aliphatic heterocycles. The lowest BCUT2D eigenvalue weighted by atomic mass is 9.93. The van der Waals surface area contributed by atoms with Gasteiger partial charge in [0.2, 0.25) is 0 Å². The summed E-state index contributed by atoms with van der Waals surface area (Å²) < 4.78 is 0. The molecule has 1 aliphatic rings. The molecule has 0 heterocycles. The van der Waals surface area contributed by atoms with E-state index in [1.54, 1.807) is 0 Å². The molecule has 0 atom stereocenters. The van der Waals surface area contributed by atoms with Crippen LogP contribution in [0.25, 0.3) is 27.5 Å². The van der Waals surface area contributed by atoms with Crippen molar-refractivity contribution in [2.75, 3.05) is 5.73 Å². The second-order valence-electron chi connectivity index (χ2n) is 6.06. The fourth-order valence-electron chi connectivity index (χ4n) is 3.22. The molecular formula is C22H19N. The van der Waals surface area contributed by atoms with Crippen molar-refractivity contribution < 1.29 is 0 Å². The Balaban J connectivity index is 1.82. The van der Waals surface area contributed by atoms with Gasteiger partial charge < -0.3 is 5.73 Å². The van der Waals surface area contributed by atoms with Crippen LogP contribution in [0.5, 0.6) is 0 Å². The molecule has 112 valence electrons. The highest BCUT2D eigenvalue weighted by atomic mass is 14.5. The van der Waals surface area contributed by atoms with Gasteiger partial charge in [0.1, 0.15) is 0 Å². The molecule has 0 bridgehead atoms. The fourth-order valence-corrected chi connectivity index (χ4v) is 3.22. The lowest BCUT2D eigenvalue weighted by Crippen LogP contribution is -1.93. The lowest BCUT2D eigenvalue weighted by molar-refractivity contribution is 1.05. The van der Waals surface area contributed by atoms with Gasteiger partial charge >= 0.3 is 0 Å². The minimum Gasteiger partial charge on any atom is -0.399 e. The van der Waals surface area contributed by atoms with E-state index >= 15 is 0 Å². The van der Waals surface area contributed by atoms with Crippen molar-refractivity contribution in [1.29, 1.82) is 0 Å². The highest BCUT2D eigenvalue weighted by Gasteiger charge is 2.08. The third-order valence-corrected chi connectivity index (χ3v) is 4.42. The maximum absolute atomic E-state index is 6.17. The van der Waals surface area contributed by atoms with E-state index in [4.69, 9.17) is 5.73 Å². The smallest absolute Gasteiger partial charge is 0.0326 e. The van der Waals surface area contributed by atoms with Gasteiger partial charge in [0.25, 0.3) is 0 Å². The van der Waals surface area contributed by atoms with E-state index in [-0.39, 0.29) is 0 Å². The van der Waals surface area contributed by atoms with Crippen LogP contribution < -0.4 is 5.73 Å². The summed E-state index contributed by atoms with van der Waals surface area (Å²) in [6, 6.07) is 21.4. The van der Waals surface area contributed by atoms with Gasteiger partial charge in [-0.2, -0.15) is 0 Å². The van der Waals surface area contributed by atoms with Crippen molar-refractivity contribution in [1.82, 2.24) is 0 Å². The number of benzene rings is 3. The number of anilines is 1. The number of hydrogen-bond donors (Lipinski definition) is 1. The Hall–Kier alpha value is -2.80. The number of rotatable bonds is 2. The third-order valence-electron chi connectivity index (χ3n) is 4.42. The summed E-state index contributed by atoms with van der Waals surface area (Å²) >= 11 is 0. The molecule has 3 aromatic rings. The van der Waals surface area contributed by atoms with Crippen molar-refractivity contribution in [3.63, 3.8) is 0 Å². The molecule has 0 aromatic heterocycles. The maximum Gasteiger partial charge on any atom is 0.0326 e. The molecule has 3 aromatic carbocycles. The Bertz CT molecular complexity index is 932. The molecule has 1 nitrogen and oxygen atoms in total. The average molecular weight is 297 g/mol. The predicted molar refractivity (Wildman–Crippen MR) is 100 cm³/mol. The number of fused-ring (bicyclic) bond motifs is 1. The van der Waals surface area contributed by atoms with Gasteiger partial charge in [0.05, 0.1) is 0 Å². The molecular weight excluding hydrogens is 278 g/mol. The normalized spacial score (nSPS) is 14.0. The van der Waals surface area contributed by atoms with Crippen LogP contribution in [0.2, 0.25) is 0 Å². The predicted octanol–water partition coefficient (Wildman–Crippen LogP) is 5.82. The van der Waals surface area contributed by atoms with E-state index < -0.39 is 0 Å². The maximum atomic E-state index is 6.17. The van der Waals surface area contributed by atoms with Crippen molar-refractivity contribution in [2.24, 2.45) is 0 Å². The second-order valence-corrected chi connectivity index (χ2v) is 6.06. The minimum absolute atomic E-state index is 0.820. The standard InChI is InChI=1S/C22H19N/c23-22-14-20(16-6-2-1-3-7-16)13-21(15-22)19-11-10-17-8-4-5-9-18(17)12-19/h1-2,4-6,8-15H,3,7,23H2. The summed E-state index contributed by atoms with van der Waals surface area (Å²) in [4.78, 5) is 0. The number of hydrogen-bond acceptors (Lipinski definition) is 1. The van der Waals surface area contributed by atoms with Crippen LogP contribution in [0.1, 0.15) is 18.4 Å². The Morgan fingerprint density at radius 1 is 0.739 bits per heavy atom. The molecule has 0 fully saturated rings. The molecule has 1 aliphatic carbocycles. The Morgan fingerprint density at radius 2 is 1.57 bits per heavy atom. The van der Waals surface area contributed by atoms with Crippen LogP contribution in [0.4, 0.5) is 5.69 Å². The van der Waals surface area contributed by atoms with Crippen molar-refractivity contribution in [3.8, 4) is 11.1 Å². The van der Waals surface area contributed by atoms with Crippen molar-refractivity contribution >= 4 is 22.0 Å². The topological polar surface area (TPSA) is 26.0 Å². The first-order chi connectivity index (χ1) is 11.3. The quantitative estimate of drug-likeness (QED) is 0.592. The van der Waals surface area contributed by atoms with Gasteiger partial charge in [0, 0.05) is 5.69 Å². The minimum atomic E-state index is 0.820. The lowest BCUT2D eigenvalue weighted by Gasteiger charge is -2.13. The SMILES string of the molecule is Nc1cc(C2=CC=CCC2)cc(-c2ccc3ccccc3c2)c1. The highest BCUT2D eigenvalue weighted by Crippen LogP contribution is 2.31. The summed E-state index contributed by atoms with van der Waals surface area (Å²) in [6.07, 6.45) is 8.73. The zero-order valence-electron chi connectivity index (χ0n) is 13.0. The van der Waals surface area contributed by atoms with Crippen LogP contribution in [0, 0.1) is 0 Å². The fraction of sp³-hybridized carbons (Fsp3) is 0.0909. The van der Waals surface area contributed by atoms with E-state index in [9.17, 15) is 0 Å². The number of allylic oxidation sites excluding steroid dienone is 4. The van der Waals surface area contributed by atoms with E-state index in [1.165, 1.54) is 33.0 Å². The molecule has 2 N–H and O–H groups in total. The first-order valence-electron chi connectivity index (χ1n) is 8.05. The second kappa shape index (κ2) is 5.77. The Kier molecular flexibility index (Phi) is 3.47. The zero-order valence-corrected chi connectivity index (χ0v) is 13.0. The highest BCUT2D eigenvalue weighted by molar-refractivity contribution is 5.88. The van der Waals surface area contributed by atoms with Crippen molar-refractivity contribution in [2.45, 2.75) is 12.8 Å². The van der Waals surface area contributed by atoms with E-state index in [1.807, 2.05) is 0 Å². The van der Waals surface area contributed by atoms with E-state index in [2.05, 4.69) is 78.9 Å². The third kappa shape index (κ3) is 2.78. The van der Waals surface area contributed by atoms with Crippen LogP contribution in [0.3, 0.4) is 0 Å². The number of nitrogens with two attached hydrogens (primary N) is 1. The molecule has 0 radical (unpaired) electrons. The molecule has 0 spiro atoms. The van der Waals surface area contributed by atoms with E-state index in [0.717, 1.165) is 18.5 Å². The molecule has 0 saturated heterocycles. The summed E-state index contributed by atoms with van der Waals surface area (Å²) in [5, 5.41) is 2.52. The average Bonchev–Trinajstić information content (AvgIpc) is 2.61. The Labute approximate surface area is 136 Å². The summed E-state index contributed by atoms with van der Waals surface area (Å²) in [5.74, 6) is 0. The van der Waals surface area contributed by atoms with Gasteiger partial charge in [-0.05, 0) is 70.1 Å². The molecule has 4 rings (SSSR count). The zero-order chi connectivity index (χ0) is 15.6. The Morgan fingerprint density at radius 3 is 2.39 bits per heavy atom. The molecule has 0 unspecified atom stereocenters. The van der Waals surface area contributed by atoms with Gasteiger partial charge in [-0.1, -0.05) is 54.6 Å². The molecule has 0 saturated carbocycles. The summed E-state index contributed by atoms with van der Waals surface area (Å²) in [5.41, 5.74) is 12.0. The van der Waals surface area contributed by atoms with Gasteiger partial charge in [-0.15, -0.1) is 0 Å². The van der Waals surface area contributed by atoms with E-state index in [0.29, 0.717) is 0 Å². The van der Waals surface area contributed by atoms with Gasteiger partial charge in [-0.25, -0.2) is 0 Å². The number of nitrogen functional groups attached to an aromatic ring is 1. The van der Waals surface area contributed by atoms with Gasteiger partial charge in [-0.3, -0.25) is 0 Å². The molecule has 1 heteroatoms. The van der Waals surface area contributed by atoms with Crippen LogP contribution in [-0.4, -0.2) is 0 Å². The molecule has 0 amide bonds. The first-order valence-corrected chi connectivity index (χ1v) is 8.05. The van der Waals surface area contributed by atoms with Crippen LogP contribution >= 0.6 is 0 Å². The van der Waals surface area contributed by atoms with Crippen LogP contribution in [-0.2, 0) is 0 Å². The first kappa shape index (κ1) is 13.8. The molecule has 23 heavy (non-hydrogen) atoms. The van der Waals surface area contributed by atoms with Crippen LogP contribution in [0.15, 0.2) is 78.9 Å². The monoisotopic (exact) mass is 297 g/mol. The summed E-state index contributed by atoms with van der Waals surface area (Å²) in [6.45, 7) is 0. The largest absolute Gasteiger partial charge is 0.399 e.